The highest BCUT2D eigenvalue weighted by Crippen LogP contribution is 2.44. The second-order valence-electron chi connectivity index (χ2n) is 9.59. The summed E-state index contributed by atoms with van der Waals surface area (Å²) in [6, 6.07) is 15.4. The number of benzene rings is 2. The molecule has 3 N–H and O–H groups in total. The van der Waals surface area contributed by atoms with Crippen molar-refractivity contribution in [3.63, 3.8) is 0 Å². The van der Waals surface area contributed by atoms with Crippen LogP contribution in [0.4, 0.5) is 17.5 Å². The van der Waals surface area contributed by atoms with E-state index < -0.39 is 10.0 Å². The second kappa shape index (κ2) is 12.2. The molecule has 0 amide bonds. The van der Waals surface area contributed by atoms with Crippen molar-refractivity contribution in [1.82, 2.24) is 14.7 Å². The Kier molecular flexibility index (Phi) is 8.92. The summed E-state index contributed by atoms with van der Waals surface area (Å²) in [6.07, 6.45) is 4.18. The molecule has 1 aliphatic carbocycles. The monoisotopic (exact) mass is 611 g/mol. The number of allylic oxidation sites excluding steroid dienone is 1. The van der Waals surface area contributed by atoms with Gasteiger partial charge in [-0.2, -0.15) is 4.98 Å². The number of halogens is 3. The molecule has 0 bridgehead atoms. The predicted molar refractivity (Wildman–Crippen MR) is 160 cm³/mol. The SMILES string of the molecule is O=S(=O)(NCC1CCC(CNc2nc(Nc3ccc(Cl)cc3)c3ccccc3n2)CC1)C1=C(Cl)SC(Cl)C1. The van der Waals surface area contributed by atoms with Gasteiger partial charge in [0.05, 0.1) is 19.5 Å². The summed E-state index contributed by atoms with van der Waals surface area (Å²) in [4.78, 5) is 9.68. The maximum atomic E-state index is 12.6. The number of alkyl halides is 1. The van der Waals surface area contributed by atoms with Crippen molar-refractivity contribution in [3.05, 3.63) is 62.8 Å². The number of hydrogen-bond acceptors (Lipinski definition) is 7. The lowest BCUT2D eigenvalue weighted by Crippen LogP contribution is -2.33. The van der Waals surface area contributed by atoms with Crippen molar-refractivity contribution in [2.24, 2.45) is 11.8 Å². The second-order valence-corrected chi connectivity index (χ2v) is 14.4. The van der Waals surface area contributed by atoms with Crippen molar-refractivity contribution in [2.75, 3.05) is 23.7 Å². The minimum Gasteiger partial charge on any atom is -0.354 e. The van der Waals surface area contributed by atoms with Gasteiger partial charge in [-0.15, -0.1) is 11.6 Å². The lowest BCUT2D eigenvalue weighted by Gasteiger charge is -2.28. The molecule has 1 atom stereocenters. The molecule has 2 heterocycles. The Morgan fingerprint density at radius 2 is 1.61 bits per heavy atom. The summed E-state index contributed by atoms with van der Waals surface area (Å²) in [5, 5.41) is 8.43. The average Bonchev–Trinajstić information content (AvgIpc) is 3.27. The number of fused-ring (bicyclic) bond motifs is 1. The number of aromatic nitrogens is 2. The van der Waals surface area contributed by atoms with E-state index in [9.17, 15) is 8.42 Å². The van der Waals surface area contributed by atoms with Crippen LogP contribution in [-0.2, 0) is 10.0 Å². The van der Waals surface area contributed by atoms with E-state index >= 15 is 0 Å². The lowest BCUT2D eigenvalue weighted by molar-refractivity contribution is 0.284. The molecule has 1 unspecified atom stereocenters. The molecule has 1 fully saturated rings. The Morgan fingerprint density at radius 1 is 0.921 bits per heavy atom. The molecule has 0 saturated heterocycles. The molecular weight excluding hydrogens is 585 g/mol. The van der Waals surface area contributed by atoms with Gasteiger partial charge in [-0.3, -0.25) is 0 Å². The number of hydrogen-bond donors (Lipinski definition) is 3. The van der Waals surface area contributed by atoms with Gasteiger partial charge in [0, 0.05) is 35.6 Å². The standard InChI is InChI=1S/C26H28Cl3N5O2S2/c27-18-9-11-19(12-10-18)32-25-20-3-1-2-4-21(20)33-26(34-25)30-14-16-5-7-17(8-6-16)15-31-38(35,36)22-13-23(28)37-24(22)29/h1-4,9-12,16-17,23,31H,5-8,13-15H2,(H2,30,32,33,34). The summed E-state index contributed by atoms with van der Waals surface area (Å²) in [5.74, 6) is 2.07. The van der Waals surface area contributed by atoms with Gasteiger partial charge >= 0.3 is 0 Å². The fraction of sp³-hybridized carbons (Fsp3) is 0.385. The molecule has 3 aromatic rings. The molecule has 2 aromatic carbocycles. The average molecular weight is 613 g/mol. The Balaban J connectivity index is 1.16. The molecule has 0 radical (unpaired) electrons. The number of rotatable bonds is 9. The Labute approximate surface area is 242 Å². The summed E-state index contributed by atoms with van der Waals surface area (Å²) in [6.45, 7) is 1.18. The third-order valence-corrected chi connectivity index (χ3v) is 10.8. The highest BCUT2D eigenvalue weighted by atomic mass is 35.5. The first-order valence-corrected chi connectivity index (χ1v) is 16.0. The predicted octanol–water partition coefficient (Wildman–Crippen LogP) is 7.27. The van der Waals surface area contributed by atoms with E-state index in [0.717, 1.165) is 54.6 Å². The zero-order chi connectivity index (χ0) is 26.7. The first kappa shape index (κ1) is 27.8. The third kappa shape index (κ3) is 6.87. The maximum absolute atomic E-state index is 12.6. The van der Waals surface area contributed by atoms with Gasteiger partial charge in [0.2, 0.25) is 16.0 Å². The Bertz CT molecular complexity index is 1430. The summed E-state index contributed by atoms with van der Waals surface area (Å²) in [5.41, 5.74) is 1.75. The third-order valence-electron chi connectivity index (χ3n) is 6.91. The largest absolute Gasteiger partial charge is 0.354 e. The maximum Gasteiger partial charge on any atom is 0.238 e. The molecule has 2 aliphatic rings. The van der Waals surface area contributed by atoms with Gasteiger partial charge < -0.3 is 10.6 Å². The number of anilines is 3. The van der Waals surface area contributed by atoms with Gasteiger partial charge in [-0.05, 0) is 73.9 Å². The normalized spacial score (nSPS) is 22.1. The first-order valence-electron chi connectivity index (χ1n) is 12.5. The highest BCUT2D eigenvalue weighted by Gasteiger charge is 2.32. The van der Waals surface area contributed by atoms with Crippen LogP contribution < -0.4 is 15.4 Å². The minimum absolute atomic E-state index is 0.211. The zero-order valence-corrected chi connectivity index (χ0v) is 24.4. The van der Waals surface area contributed by atoms with E-state index in [2.05, 4.69) is 15.4 Å². The zero-order valence-electron chi connectivity index (χ0n) is 20.5. The molecule has 202 valence electrons. The van der Waals surface area contributed by atoms with Gasteiger partial charge in [0.15, 0.2) is 0 Å². The van der Waals surface area contributed by atoms with Crippen LogP contribution in [0.5, 0.6) is 0 Å². The van der Waals surface area contributed by atoms with E-state index in [1.54, 1.807) is 0 Å². The molecule has 38 heavy (non-hydrogen) atoms. The fourth-order valence-corrected chi connectivity index (χ4v) is 8.75. The van der Waals surface area contributed by atoms with Crippen LogP contribution in [0.1, 0.15) is 32.1 Å². The van der Waals surface area contributed by atoms with Crippen LogP contribution >= 0.6 is 46.6 Å². The lowest BCUT2D eigenvalue weighted by atomic mass is 9.82. The van der Waals surface area contributed by atoms with Crippen molar-refractivity contribution < 1.29 is 8.42 Å². The fourth-order valence-electron chi connectivity index (χ4n) is 4.77. The molecule has 5 rings (SSSR count). The van der Waals surface area contributed by atoms with Crippen molar-refractivity contribution in [1.29, 1.82) is 0 Å². The van der Waals surface area contributed by atoms with Gasteiger partial charge in [0.25, 0.3) is 0 Å². The summed E-state index contributed by atoms with van der Waals surface area (Å²) < 4.78 is 28.0. The van der Waals surface area contributed by atoms with Crippen molar-refractivity contribution in [2.45, 2.75) is 36.8 Å². The Hall–Kier alpha value is -1.75. The number of nitrogens with zero attached hydrogens (tertiary/aromatic N) is 2. The molecular formula is C26H28Cl3N5O2S2. The van der Waals surface area contributed by atoms with Crippen LogP contribution in [0.3, 0.4) is 0 Å². The van der Waals surface area contributed by atoms with E-state index in [0.29, 0.717) is 29.4 Å². The minimum atomic E-state index is -3.60. The number of para-hydroxylation sites is 1. The summed E-state index contributed by atoms with van der Waals surface area (Å²) >= 11 is 19.3. The van der Waals surface area contributed by atoms with Gasteiger partial charge in [-0.25, -0.2) is 18.1 Å². The molecule has 12 heteroatoms. The van der Waals surface area contributed by atoms with Gasteiger partial charge in [-0.1, -0.05) is 47.1 Å². The van der Waals surface area contributed by atoms with Gasteiger partial charge in [0.1, 0.15) is 5.82 Å². The number of sulfonamides is 1. The van der Waals surface area contributed by atoms with Crippen LogP contribution in [0.2, 0.25) is 5.02 Å². The number of thioether (sulfide) groups is 1. The molecule has 1 saturated carbocycles. The van der Waals surface area contributed by atoms with E-state index in [1.807, 2.05) is 48.5 Å². The highest BCUT2D eigenvalue weighted by molar-refractivity contribution is 8.07. The van der Waals surface area contributed by atoms with Crippen molar-refractivity contribution >= 4 is 84.9 Å². The van der Waals surface area contributed by atoms with Crippen LogP contribution in [0.15, 0.2) is 57.8 Å². The quantitative estimate of drug-likeness (QED) is 0.219. The van der Waals surface area contributed by atoms with E-state index in [1.165, 1.54) is 11.8 Å². The van der Waals surface area contributed by atoms with Crippen molar-refractivity contribution in [3.8, 4) is 0 Å². The molecule has 7 nitrogen and oxygen atoms in total. The van der Waals surface area contributed by atoms with Crippen LogP contribution in [0.25, 0.3) is 10.9 Å². The molecule has 1 aromatic heterocycles. The molecule has 0 spiro atoms. The smallest absolute Gasteiger partial charge is 0.238 e. The molecule has 1 aliphatic heterocycles. The van der Waals surface area contributed by atoms with Crippen LogP contribution in [-0.4, -0.2) is 36.2 Å². The van der Waals surface area contributed by atoms with E-state index in [-0.39, 0.29) is 20.4 Å². The Morgan fingerprint density at radius 3 is 2.29 bits per heavy atom. The van der Waals surface area contributed by atoms with Crippen LogP contribution in [0, 0.1) is 11.8 Å². The number of nitrogens with one attached hydrogen (secondary N) is 3. The summed E-state index contributed by atoms with van der Waals surface area (Å²) in [7, 11) is -3.60. The first-order chi connectivity index (χ1) is 18.3. The van der Waals surface area contributed by atoms with E-state index in [4.69, 9.17) is 44.8 Å². The topological polar surface area (TPSA) is 96.0 Å².